The zero-order chi connectivity index (χ0) is 15.2. The second-order valence-electron chi connectivity index (χ2n) is 5.79. The molecule has 0 heterocycles. The lowest BCUT2D eigenvalue weighted by atomic mass is 10.0. The number of hydrogen-bond acceptors (Lipinski definition) is 3. The first-order chi connectivity index (χ1) is 10.1. The van der Waals surface area contributed by atoms with Gasteiger partial charge in [-0.25, -0.2) is 0 Å². The van der Waals surface area contributed by atoms with Crippen molar-refractivity contribution in [2.24, 2.45) is 0 Å². The predicted octanol–water partition coefficient (Wildman–Crippen LogP) is 2.01. The summed E-state index contributed by atoms with van der Waals surface area (Å²) in [7, 11) is 0. The summed E-state index contributed by atoms with van der Waals surface area (Å²) in [6.07, 6.45) is 10.3. The average Bonchev–Trinajstić information content (AvgIpc) is 3.24. The van der Waals surface area contributed by atoms with Gasteiger partial charge in [-0.3, -0.25) is 14.5 Å². The van der Waals surface area contributed by atoms with Crippen molar-refractivity contribution in [1.82, 2.24) is 9.80 Å². The summed E-state index contributed by atoms with van der Waals surface area (Å²) in [5.74, 6) is -0.895. The standard InChI is InChI=1S/C16H24N2O3/c1-2-10-17(12-16(20)21)11-15(19)18(14-8-9-14)13-6-4-3-5-7-13/h2,6,14H,1,3-5,7-12H2,(H,20,21). The molecule has 1 saturated carbocycles. The quantitative estimate of drug-likeness (QED) is 0.695. The number of hydrogen-bond donors (Lipinski definition) is 1. The van der Waals surface area contributed by atoms with Crippen LogP contribution >= 0.6 is 0 Å². The Labute approximate surface area is 125 Å². The van der Waals surface area contributed by atoms with Crippen LogP contribution in [0.3, 0.4) is 0 Å². The Morgan fingerprint density at radius 1 is 1.33 bits per heavy atom. The summed E-state index contributed by atoms with van der Waals surface area (Å²) >= 11 is 0. The molecular formula is C16H24N2O3. The van der Waals surface area contributed by atoms with E-state index in [4.69, 9.17) is 5.11 Å². The van der Waals surface area contributed by atoms with Gasteiger partial charge in [0, 0.05) is 18.3 Å². The summed E-state index contributed by atoms with van der Waals surface area (Å²) in [5, 5.41) is 8.92. The average molecular weight is 292 g/mol. The summed E-state index contributed by atoms with van der Waals surface area (Å²) in [6.45, 7) is 4.05. The third-order valence-electron chi connectivity index (χ3n) is 3.86. The molecule has 1 amide bonds. The van der Waals surface area contributed by atoms with Crippen molar-refractivity contribution in [1.29, 1.82) is 0 Å². The Hall–Kier alpha value is -1.62. The van der Waals surface area contributed by atoms with Crippen molar-refractivity contribution in [3.05, 3.63) is 24.4 Å². The van der Waals surface area contributed by atoms with E-state index in [2.05, 4.69) is 12.7 Å². The number of carbonyl (C=O) groups excluding carboxylic acids is 1. The minimum Gasteiger partial charge on any atom is -0.480 e. The van der Waals surface area contributed by atoms with Gasteiger partial charge in [0.2, 0.25) is 5.91 Å². The van der Waals surface area contributed by atoms with Gasteiger partial charge in [0.25, 0.3) is 0 Å². The lowest BCUT2D eigenvalue weighted by molar-refractivity contribution is -0.139. The van der Waals surface area contributed by atoms with Gasteiger partial charge in [0.1, 0.15) is 0 Å². The van der Waals surface area contributed by atoms with Crippen molar-refractivity contribution in [2.45, 2.75) is 44.6 Å². The summed E-state index contributed by atoms with van der Waals surface area (Å²) in [4.78, 5) is 27.0. The van der Waals surface area contributed by atoms with E-state index >= 15 is 0 Å². The van der Waals surface area contributed by atoms with Gasteiger partial charge < -0.3 is 10.0 Å². The molecule has 5 heteroatoms. The molecule has 1 N–H and O–H groups in total. The van der Waals surface area contributed by atoms with E-state index in [-0.39, 0.29) is 19.0 Å². The van der Waals surface area contributed by atoms with Crippen LogP contribution in [0.1, 0.15) is 38.5 Å². The largest absolute Gasteiger partial charge is 0.480 e. The molecule has 0 unspecified atom stereocenters. The Morgan fingerprint density at radius 3 is 2.62 bits per heavy atom. The Bertz CT molecular complexity index is 441. The maximum Gasteiger partial charge on any atom is 0.317 e. The number of aliphatic carboxylic acids is 1. The molecule has 21 heavy (non-hydrogen) atoms. The Kier molecular flexibility index (Phi) is 5.56. The zero-order valence-electron chi connectivity index (χ0n) is 12.5. The molecule has 116 valence electrons. The lowest BCUT2D eigenvalue weighted by Crippen LogP contribution is -2.43. The van der Waals surface area contributed by atoms with Crippen LogP contribution in [0.5, 0.6) is 0 Å². The molecule has 0 bridgehead atoms. The van der Waals surface area contributed by atoms with Crippen molar-refractivity contribution in [3.63, 3.8) is 0 Å². The molecule has 0 aromatic heterocycles. The van der Waals surface area contributed by atoms with Gasteiger partial charge in [-0.2, -0.15) is 0 Å². The van der Waals surface area contributed by atoms with E-state index in [1.165, 1.54) is 6.42 Å². The van der Waals surface area contributed by atoms with Crippen LogP contribution in [-0.2, 0) is 9.59 Å². The fourth-order valence-electron chi connectivity index (χ4n) is 2.80. The molecule has 2 aliphatic rings. The van der Waals surface area contributed by atoms with E-state index in [1.54, 1.807) is 11.0 Å². The molecule has 1 fully saturated rings. The molecule has 0 saturated heterocycles. The maximum atomic E-state index is 12.6. The second-order valence-corrected chi connectivity index (χ2v) is 5.79. The van der Waals surface area contributed by atoms with Crippen LogP contribution in [0.15, 0.2) is 24.4 Å². The van der Waals surface area contributed by atoms with E-state index in [9.17, 15) is 9.59 Å². The number of carboxylic acids is 1. The van der Waals surface area contributed by atoms with Gasteiger partial charge in [-0.05, 0) is 38.5 Å². The number of carbonyl (C=O) groups is 2. The highest BCUT2D eigenvalue weighted by Gasteiger charge is 2.35. The maximum absolute atomic E-state index is 12.6. The lowest BCUT2D eigenvalue weighted by Gasteiger charge is -2.30. The van der Waals surface area contributed by atoms with Gasteiger partial charge in [-0.15, -0.1) is 6.58 Å². The highest BCUT2D eigenvalue weighted by molar-refractivity contribution is 5.81. The number of allylic oxidation sites excluding steroid dienone is 2. The predicted molar refractivity (Wildman–Crippen MR) is 80.7 cm³/mol. The SMILES string of the molecule is C=CCN(CC(=O)O)CC(=O)N(C1=CCCCC1)C1CC1. The Balaban J connectivity index is 2.01. The van der Waals surface area contributed by atoms with Gasteiger partial charge in [0.15, 0.2) is 0 Å². The van der Waals surface area contributed by atoms with Gasteiger partial charge in [-0.1, -0.05) is 12.2 Å². The van der Waals surface area contributed by atoms with Gasteiger partial charge in [0.05, 0.1) is 13.1 Å². The van der Waals surface area contributed by atoms with E-state index in [1.807, 2.05) is 4.90 Å². The van der Waals surface area contributed by atoms with Crippen LogP contribution in [0.4, 0.5) is 0 Å². The van der Waals surface area contributed by atoms with Crippen molar-refractivity contribution < 1.29 is 14.7 Å². The molecule has 0 atom stereocenters. The second kappa shape index (κ2) is 7.41. The van der Waals surface area contributed by atoms with E-state index in [0.717, 1.165) is 37.8 Å². The minimum atomic E-state index is -0.917. The molecule has 0 aromatic rings. The third kappa shape index (κ3) is 4.70. The first-order valence-corrected chi connectivity index (χ1v) is 7.68. The van der Waals surface area contributed by atoms with Crippen LogP contribution in [0.2, 0.25) is 0 Å². The van der Waals surface area contributed by atoms with Crippen molar-refractivity contribution >= 4 is 11.9 Å². The minimum absolute atomic E-state index is 0.0220. The van der Waals surface area contributed by atoms with Crippen LogP contribution < -0.4 is 0 Å². The third-order valence-corrected chi connectivity index (χ3v) is 3.86. The molecule has 5 nitrogen and oxygen atoms in total. The highest BCUT2D eigenvalue weighted by atomic mass is 16.4. The molecule has 0 radical (unpaired) electrons. The van der Waals surface area contributed by atoms with E-state index in [0.29, 0.717) is 12.6 Å². The topological polar surface area (TPSA) is 60.9 Å². The molecule has 2 rings (SSSR count). The first-order valence-electron chi connectivity index (χ1n) is 7.68. The smallest absolute Gasteiger partial charge is 0.317 e. The van der Waals surface area contributed by atoms with Crippen LogP contribution in [0.25, 0.3) is 0 Å². The monoisotopic (exact) mass is 292 g/mol. The number of amides is 1. The highest BCUT2D eigenvalue weighted by Crippen LogP contribution is 2.33. The van der Waals surface area contributed by atoms with Crippen molar-refractivity contribution in [2.75, 3.05) is 19.6 Å². The molecule has 0 spiro atoms. The molecule has 0 aliphatic heterocycles. The number of rotatable bonds is 8. The fraction of sp³-hybridized carbons (Fsp3) is 0.625. The molecule has 0 aromatic carbocycles. The Morgan fingerprint density at radius 2 is 2.10 bits per heavy atom. The summed E-state index contributed by atoms with van der Waals surface area (Å²) in [5.41, 5.74) is 1.14. The first kappa shape index (κ1) is 15.8. The summed E-state index contributed by atoms with van der Waals surface area (Å²) in [6, 6.07) is 0.331. The van der Waals surface area contributed by atoms with Gasteiger partial charge >= 0.3 is 5.97 Å². The van der Waals surface area contributed by atoms with Crippen molar-refractivity contribution in [3.8, 4) is 0 Å². The molecule has 2 aliphatic carbocycles. The van der Waals surface area contributed by atoms with Crippen LogP contribution in [0, 0.1) is 0 Å². The van der Waals surface area contributed by atoms with E-state index < -0.39 is 5.97 Å². The number of nitrogens with zero attached hydrogens (tertiary/aromatic N) is 2. The summed E-state index contributed by atoms with van der Waals surface area (Å²) < 4.78 is 0. The molecular weight excluding hydrogens is 268 g/mol. The fourth-order valence-corrected chi connectivity index (χ4v) is 2.80. The normalized spacial score (nSPS) is 18.2. The van der Waals surface area contributed by atoms with Crippen LogP contribution in [-0.4, -0.2) is 52.5 Å². The number of carboxylic acid groups (broad SMARTS) is 1. The zero-order valence-corrected chi connectivity index (χ0v) is 12.5.